The van der Waals surface area contributed by atoms with Crippen molar-refractivity contribution in [3.05, 3.63) is 59.1 Å². The maximum atomic E-state index is 9.58. The molecule has 0 aliphatic carbocycles. The van der Waals surface area contributed by atoms with Gasteiger partial charge in [0.05, 0.1) is 11.8 Å². The van der Waals surface area contributed by atoms with E-state index >= 15 is 0 Å². The molecule has 1 atom stereocenters. The van der Waals surface area contributed by atoms with Crippen LogP contribution in [-0.4, -0.2) is 25.3 Å². The number of halogens is 1. The Bertz CT molecular complexity index is 755. The van der Waals surface area contributed by atoms with Crippen LogP contribution in [0.3, 0.4) is 0 Å². The first kappa shape index (κ1) is 13.7. The highest BCUT2D eigenvalue weighted by Crippen LogP contribution is 2.25. The molecule has 0 saturated heterocycles. The molecule has 0 saturated carbocycles. The summed E-state index contributed by atoms with van der Waals surface area (Å²) in [5.41, 5.74) is 2.26. The van der Waals surface area contributed by atoms with Gasteiger partial charge in [-0.05, 0) is 29.8 Å². The number of aliphatic hydroxyl groups excluding tert-OH is 1. The van der Waals surface area contributed by atoms with Crippen molar-refractivity contribution in [2.24, 2.45) is 0 Å². The Morgan fingerprint density at radius 3 is 2.57 bits per heavy atom. The second-order valence-corrected chi connectivity index (χ2v) is 5.06. The summed E-state index contributed by atoms with van der Waals surface area (Å²) in [6.07, 6.45) is -0.616. The normalized spacial score (nSPS) is 12.3. The summed E-state index contributed by atoms with van der Waals surface area (Å²) in [6.45, 7) is 1.67. The summed E-state index contributed by atoms with van der Waals surface area (Å²) in [6, 6.07) is 14.9. The molecule has 2 aromatic carbocycles. The molecular formula is C15H13ClN4O. The minimum Gasteiger partial charge on any atom is -0.389 e. The van der Waals surface area contributed by atoms with Gasteiger partial charge < -0.3 is 5.11 Å². The van der Waals surface area contributed by atoms with E-state index in [1.165, 1.54) is 4.80 Å². The Kier molecular flexibility index (Phi) is 3.68. The third-order valence-electron chi connectivity index (χ3n) is 3.11. The van der Waals surface area contributed by atoms with E-state index in [2.05, 4.69) is 15.4 Å². The molecule has 1 unspecified atom stereocenters. The van der Waals surface area contributed by atoms with Crippen LogP contribution >= 0.6 is 11.6 Å². The average Bonchev–Trinajstić information content (AvgIpc) is 2.97. The van der Waals surface area contributed by atoms with Crippen molar-refractivity contribution in [3.63, 3.8) is 0 Å². The lowest BCUT2D eigenvalue weighted by molar-refractivity contribution is 0.199. The summed E-state index contributed by atoms with van der Waals surface area (Å²) in [5, 5.41) is 22.5. The van der Waals surface area contributed by atoms with Crippen molar-refractivity contribution in [1.29, 1.82) is 0 Å². The van der Waals surface area contributed by atoms with Gasteiger partial charge in [-0.3, -0.25) is 0 Å². The van der Waals surface area contributed by atoms with E-state index in [4.69, 9.17) is 11.6 Å². The molecule has 3 rings (SSSR count). The van der Waals surface area contributed by atoms with Crippen molar-refractivity contribution in [3.8, 4) is 17.1 Å². The van der Waals surface area contributed by atoms with Gasteiger partial charge >= 0.3 is 0 Å². The quantitative estimate of drug-likeness (QED) is 0.807. The third-order valence-corrected chi connectivity index (χ3v) is 3.44. The van der Waals surface area contributed by atoms with Gasteiger partial charge in [-0.1, -0.05) is 48.0 Å². The smallest absolute Gasteiger partial charge is 0.205 e. The summed E-state index contributed by atoms with van der Waals surface area (Å²) in [4.78, 5) is 1.42. The Morgan fingerprint density at radius 2 is 1.90 bits per heavy atom. The molecule has 0 spiro atoms. The van der Waals surface area contributed by atoms with E-state index in [1.807, 2.05) is 30.3 Å². The standard InChI is InChI=1S/C15H13ClN4O/c1-10(21)13-8-7-12(9-14(13)16)20-18-15(17-19-20)11-5-3-2-4-6-11/h2-10,21H,1H3. The van der Waals surface area contributed by atoms with Crippen LogP contribution in [0.1, 0.15) is 18.6 Å². The van der Waals surface area contributed by atoms with Gasteiger partial charge in [0.15, 0.2) is 0 Å². The van der Waals surface area contributed by atoms with Crippen molar-refractivity contribution in [2.45, 2.75) is 13.0 Å². The molecular weight excluding hydrogens is 288 g/mol. The van der Waals surface area contributed by atoms with E-state index in [0.29, 0.717) is 22.1 Å². The van der Waals surface area contributed by atoms with Crippen LogP contribution in [0.15, 0.2) is 48.5 Å². The van der Waals surface area contributed by atoms with E-state index < -0.39 is 6.10 Å². The maximum absolute atomic E-state index is 9.58. The average molecular weight is 301 g/mol. The predicted molar refractivity (Wildman–Crippen MR) is 80.2 cm³/mol. The number of nitrogens with zero attached hydrogens (tertiary/aromatic N) is 4. The highest BCUT2D eigenvalue weighted by Gasteiger charge is 2.11. The largest absolute Gasteiger partial charge is 0.389 e. The highest BCUT2D eigenvalue weighted by atomic mass is 35.5. The molecule has 1 aromatic heterocycles. The lowest BCUT2D eigenvalue weighted by Crippen LogP contribution is -2.01. The van der Waals surface area contributed by atoms with Crippen LogP contribution < -0.4 is 0 Å². The lowest BCUT2D eigenvalue weighted by atomic mass is 10.1. The van der Waals surface area contributed by atoms with E-state index in [0.717, 1.165) is 5.56 Å². The van der Waals surface area contributed by atoms with Gasteiger partial charge in [-0.2, -0.15) is 0 Å². The van der Waals surface area contributed by atoms with Gasteiger partial charge in [0.1, 0.15) is 0 Å². The number of benzene rings is 2. The first-order valence-corrected chi connectivity index (χ1v) is 6.86. The summed E-state index contributed by atoms with van der Waals surface area (Å²) in [7, 11) is 0. The highest BCUT2D eigenvalue weighted by molar-refractivity contribution is 6.31. The Balaban J connectivity index is 1.95. The van der Waals surface area contributed by atoms with Crippen molar-refractivity contribution in [2.75, 3.05) is 0 Å². The number of tetrazole rings is 1. The van der Waals surface area contributed by atoms with E-state index in [-0.39, 0.29) is 0 Å². The lowest BCUT2D eigenvalue weighted by Gasteiger charge is -2.08. The van der Waals surface area contributed by atoms with E-state index in [1.54, 1.807) is 25.1 Å². The molecule has 0 amide bonds. The maximum Gasteiger partial charge on any atom is 0.205 e. The summed E-state index contributed by atoms with van der Waals surface area (Å²) >= 11 is 6.15. The minimum atomic E-state index is -0.616. The number of aliphatic hydroxyl groups is 1. The second-order valence-electron chi connectivity index (χ2n) is 4.65. The molecule has 0 aliphatic rings. The fourth-order valence-corrected chi connectivity index (χ4v) is 2.34. The molecule has 106 valence electrons. The Morgan fingerprint density at radius 1 is 1.14 bits per heavy atom. The molecule has 0 radical (unpaired) electrons. The Labute approximate surface area is 126 Å². The molecule has 3 aromatic rings. The van der Waals surface area contributed by atoms with E-state index in [9.17, 15) is 5.11 Å². The van der Waals surface area contributed by atoms with Crippen LogP contribution in [-0.2, 0) is 0 Å². The molecule has 1 heterocycles. The zero-order valence-corrected chi connectivity index (χ0v) is 12.1. The predicted octanol–water partition coefficient (Wildman–Crippen LogP) is 3.04. The molecule has 5 nitrogen and oxygen atoms in total. The van der Waals surface area contributed by atoms with Crippen LogP contribution in [0, 0.1) is 0 Å². The monoisotopic (exact) mass is 300 g/mol. The summed E-state index contributed by atoms with van der Waals surface area (Å²) in [5.74, 6) is 0.548. The molecule has 6 heteroatoms. The van der Waals surface area contributed by atoms with Crippen LogP contribution in [0.25, 0.3) is 17.1 Å². The zero-order chi connectivity index (χ0) is 14.8. The summed E-state index contributed by atoms with van der Waals surface area (Å²) < 4.78 is 0. The SMILES string of the molecule is CC(O)c1ccc(-n2nnc(-c3ccccc3)n2)cc1Cl. The number of aromatic nitrogens is 4. The molecule has 1 N–H and O–H groups in total. The van der Waals surface area contributed by atoms with Gasteiger partial charge in [0.2, 0.25) is 5.82 Å². The van der Waals surface area contributed by atoms with Crippen molar-refractivity contribution < 1.29 is 5.11 Å². The fraction of sp³-hybridized carbons (Fsp3) is 0.133. The number of hydrogen-bond donors (Lipinski definition) is 1. The number of rotatable bonds is 3. The molecule has 0 fully saturated rings. The van der Waals surface area contributed by atoms with Crippen molar-refractivity contribution >= 4 is 11.6 Å². The fourth-order valence-electron chi connectivity index (χ4n) is 2.01. The third kappa shape index (κ3) is 2.79. The molecule has 0 aliphatic heterocycles. The van der Waals surface area contributed by atoms with Gasteiger partial charge in [-0.25, -0.2) is 0 Å². The topological polar surface area (TPSA) is 63.8 Å². The second kappa shape index (κ2) is 5.63. The van der Waals surface area contributed by atoms with Crippen LogP contribution in [0.5, 0.6) is 0 Å². The van der Waals surface area contributed by atoms with Crippen molar-refractivity contribution in [1.82, 2.24) is 20.2 Å². The first-order chi connectivity index (χ1) is 10.1. The van der Waals surface area contributed by atoms with Crippen LogP contribution in [0.4, 0.5) is 0 Å². The minimum absolute atomic E-state index is 0.473. The molecule has 21 heavy (non-hydrogen) atoms. The van der Waals surface area contributed by atoms with Crippen LogP contribution in [0.2, 0.25) is 5.02 Å². The van der Waals surface area contributed by atoms with Gasteiger partial charge in [0.25, 0.3) is 0 Å². The number of hydrogen-bond acceptors (Lipinski definition) is 4. The van der Waals surface area contributed by atoms with Gasteiger partial charge in [-0.15, -0.1) is 15.0 Å². The Hall–Kier alpha value is -2.24. The molecule has 0 bridgehead atoms. The van der Waals surface area contributed by atoms with Gasteiger partial charge in [0, 0.05) is 10.6 Å². The zero-order valence-electron chi connectivity index (χ0n) is 11.3. The first-order valence-electron chi connectivity index (χ1n) is 6.48.